The van der Waals surface area contributed by atoms with Crippen molar-refractivity contribution in [2.75, 3.05) is 6.61 Å². The van der Waals surface area contributed by atoms with Gasteiger partial charge in [0.05, 0.1) is 0 Å². The van der Waals surface area contributed by atoms with Gasteiger partial charge in [0, 0.05) is 5.88 Å². The maximum absolute atomic E-state index is 13.3. The van der Waals surface area contributed by atoms with Gasteiger partial charge in [0.25, 0.3) is 0 Å². The van der Waals surface area contributed by atoms with Crippen LogP contribution in [-0.2, 0) is 5.88 Å². The first-order valence-corrected chi connectivity index (χ1v) is 6.26. The second kappa shape index (κ2) is 7.49. The van der Waals surface area contributed by atoms with Gasteiger partial charge in [-0.2, -0.15) is 0 Å². The molecule has 0 aliphatic heterocycles. The van der Waals surface area contributed by atoms with Gasteiger partial charge in [0.1, 0.15) is 18.5 Å². The molecule has 0 amide bonds. The molecule has 0 saturated carbocycles. The van der Waals surface area contributed by atoms with E-state index >= 15 is 0 Å². The number of hydrogen-bond acceptors (Lipinski definition) is 1. The Hall–Kier alpha value is -0.830. The van der Waals surface area contributed by atoms with Crippen LogP contribution < -0.4 is 4.74 Å². The number of benzene rings is 1. The van der Waals surface area contributed by atoms with Crippen molar-refractivity contribution in [3.63, 3.8) is 0 Å². The molecule has 0 bridgehead atoms. The Morgan fingerprint density at radius 2 is 1.82 bits per heavy atom. The van der Waals surface area contributed by atoms with E-state index in [1.54, 1.807) is 24.3 Å². The summed E-state index contributed by atoms with van der Waals surface area (Å²) < 4.78 is 31.6. The lowest BCUT2D eigenvalue weighted by molar-refractivity contribution is 0.103. The van der Waals surface area contributed by atoms with Gasteiger partial charge >= 0.3 is 0 Å². The molecule has 1 nitrogen and oxygen atoms in total. The van der Waals surface area contributed by atoms with Gasteiger partial charge in [-0.25, -0.2) is 8.78 Å². The van der Waals surface area contributed by atoms with Crippen LogP contribution in [0.25, 0.3) is 0 Å². The molecular formula is C13H17ClF2O. The zero-order valence-corrected chi connectivity index (χ0v) is 10.6. The fourth-order valence-corrected chi connectivity index (χ4v) is 1.59. The third-order valence-electron chi connectivity index (χ3n) is 2.44. The average molecular weight is 263 g/mol. The summed E-state index contributed by atoms with van der Waals surface area (Å²) >= 11 is 5.63. The second-order valence-electron chi connectivity index (χ2n) is 3.91. The number of alkyl halides is 3. The number of rotatable bonds is 7. The van der Waals surface area contributed by atoms with E-state index in [4.69, 9.17) is 16.3 Å². The van der Waals surface area contributed by atoms with Gasteiger partial charge in [0.2, 0.25) is 0 Å². The highest BCUT2D eigenvalue weighted by atomic mass is 35.5. The van der Waals surface area contributed by atoms with E-state index in [2.05, 4.69) is 0 Å². The molecule has 0 heterocycles. The van der Waals surface area contributed by atoms with Gasteiger partial charge in [0.15, 0.2) is 6.17 Å². The Balaban J connectivity index is 2.38. The van der Waals surface area contributed by atoms with Crippen molar-refractivity contribution in [1.29, 1.82) is 0 Å². The first-order valence-electron chi connectivity index (χ1n) is 5.73. The summed E-state index contributed by atoms with van der Waals surface area (Å²) in [5.41, 5.74) is 0.963. The molecule has 0 aromatic heterocycles. The SMILES string of the molecule is CCCC(F)[C@@H](F)COc1ccc(CCl)cc1. The summed E-state index contributed by atoms with van der Waals surface area (Å²) in [6, 6.07) is 7.01. The van der Waals surface area contributed by atoms with Gasteiger partial charge in [-0.05, 0) is 24.1 Å². The molecule has 0 fully saturated rings. The Morgan fingerprint density at radius 3 is 2.35 bits per heavy atom. The van der Waals surface area contributed by atoms with Gasteiger partial charge < -0.3 is 4.74 Å². The third kappa shape index (κ3) is 4.90. The number of ether oxygens (including phenoxy) is 1. The van der Waals surface area contributed by atoms with Crippen LogP contribution in [0, 0.1) is 0 Å². The van der Waals surface area contributed by atoms with Gasteiger partial charge in [-0.3, -0.25) is 0 Å². The van der Waals surface area contributed by atoms with Gasteiger partial charge in [-0.1, -0.05) is 25.5 Å². The van der Waals surface area contributed by atoms with E-state index in [1.165, 1.54) is 0 Å². The molecule has 1 unspecified atom stereocenters. The third-order valence-corrected chi connectivity index (χ3v) is 2.75. The Labute approximate surface area is 106 Å². The summed E-state index contributed by atoms with van der Waals surface area (Å²) in [6.07, 6.45) is -2.15. The Morgan fingerprint density at radius 1 is 1.18 bits per heavy atom. The van der Waals surface area contributed by atoms with Crippen LogP contribution in [0.2, 0.25) is 0 Å². The summed E-state index contributed by atoms with van der Waals surface area (Å²) in [5.74, 6) is 0.958. The molecule has 0 N–H and O–H groups in total. The van der Waals surface area contributed by atoms with E-state index in [1.807, 2.05) is 6.92 Å². The largest absolute Gasteiger partial charge is 0.490 e. The van der Waals surface area contributed by atoms with Crippen molar-refractivity contribution in [3.8, 4) is 5.75 Å². The van der Waals surface area contributed by atoms with E-state index in [0.29, 0.717) is 18.1 Å². The van der Waals surface area contributed by atoms with Crippen molar-refractivity contribution in [3.05, 3.63) is 29.8 Å². The smallest absolute Gasteiger partial charge is 0.165 e. The number of halogens is 3. The molecule has 0 saturated heterocycles. The molecule has 17 heavy (non-hydrogen) atoms. The lowest BCUT2D eigenvalue weighted by Crippen LogP contribution is -2.24. The first-order chi connectivity index (χ1) is 8.17. The van der Waals surface area contributed by atoms with E-state index in [9.17, 15) is 8.78 Å². The predicted molar refractivity (Wildman–Crippen MR) is 66.2 cm³/mol. The van der Waals surface area contributed by atoms with Crippen LogP contribution in [0.3, 0.4) is 0 Å². The number of hydrogen-bond donors (Lipinski definition) is 0. The highest BCUT2D eigenvalue weighted by molar-refractivity contribution is 6.17. The predicted octanol–water partition coefficient (Wildman–Crippen LogP) is 4.28. The molecule has 1 rings (SSSR count). The lowest BCUT2D eigenvalue weighted by Gasteiger charge is -2.14. The minimum atomic E-state index is -1.57. The van der Waals surface area contributed by atoms with Crippen molar-refractivity contribution < 1.29 is 13.5 Å². The fourth-order valence-electron chi connectivity index (χ4n) is 1.41. The van der Waals surface area contributed by atoms with Crippen LogP contribution in [0.5, 0.6) is 5.75 Å². The monoisotopic (exact) mass is 262 g/mol. The summed E-state index contributed by atoms with van der Waals surface area (Å²) in [4.78, 5) is 0. The van der Waals surface area contributed by atoms with Gasteiger partial charge in [-0.15, -0.1) is 11.6 Å². The molecule has 0 spiro atoms. The molecule has 4 heteroatoms. The maximum Gasteiger partial charge on any atom is 0.165 e. The highest BCUT2D eigenvalue weighted by Crippen LogP contribution is 2.16. The maximum atomic E-state index is 13.3. The normalized spacial score (nSPS) is 14.4. The van der Waals surface area contributed by atoms with Crippen LogP contribution in [-0.4, -0.2) is 19.0 Å². The molecule has 96 valence electrons. The Bertz CT molecular complexity index is 316. The lowest BCUT2D eigenvalue weighted by atomic mass is 10.1. The van der Waals surface area contributed by atoms with E-state index < -0.39 is 12.3 Å². The molecule has 2 atom stereocenters. The Kier molecular flexibility index (Phi) is 6.27. The van der Waals surface area contributed by atoms with Crippen LogP contribution in [0.15, 0.2) is 24.3 Å². The summed E-state index contributed by atoms with van der Waals surface area (Å²) in [5, 5.41) is 0. The molecule has 0 radical (unpaired) electrons. The molecule has 1 aromatic rings. The minimum absolute atomic E-state index is 0.232. The average Bonchev–Trinajstić information content (AvgIpc) is 2.36. The molecule has 0 aliphatic carbocycles. The standard InChI is InChI=1S/C13H17ClF2O/c1-2-3-12(15)13(16)9-17-11-6-4-10(8-14)5-7-11/h4-7,12-13H,2-3,8-9H2,1H3/t12?,13-/m0/s1. The molecular weight excluding hydrogens is 246 g/mol. The zero-order chi connectivity index (χ0) is 12.7. The molecule has 1 aromatic carbocycles. The highest BCUT2D eigenvalue weighted by Gasteiger charge is 2.19. The topological polar surface area (TPSA) is 9.23 Å². The second-order valence-corrected chi connectivity index (χ2v) is 4.18. The van der Waals surface area contributed by atoms with Crippen LogP contribution in [0.4, 0.5) is 8.78 Å². The summed E-state index contributed by atoms with van der Waals surface area (Å²) in [6.45, 7) is 1.58. The van der Waals surface area contributed by atoms with Crippen molar-refractivity contribution >= 4 is 11.6 Å². The van der Waals surface area contributed by atoms with E-state index in [-0.39, 0.29) is 13.0 Å². The van der Waals surface area contributed by atoms with E-state index in [0.717, 1.165) is 5.56 Å². The van der Waals surface area contributed by atoms with Crippen molar-refractivity contribution in [2.24, 2.45) is 0 Å². The van der Waals surface area contributed by atoms with Crippen molar-refractivity contribution in [2.45, 2.75) is 38.0 Å². The minimum Gasteiger partial charge on any atom is -0.490 e. The van der Waals surface area contributed by atoms with Crippen LogP contribution >= 0.6 is 11.6 Å². The van der Waals surface area contributed by atoms with Crippen LogP contribution in [0.1, 0.15) is 25.3 Å². The summed E-state index contributed by atoms with van der Waals surface area (Å²) in [7, 11) is 0. The van der Waals surface area contributed by atoms with Crippen molar-refractivity contribution in [1.82, 2.24) is 0 Å². The fraction of sp³-hybridized carbons (Fsp3) is 0.538. The first kappa shape index (κ1) is 14.2. The quantitative estimate of drug-likeness (QED) is 0.667. The zero-order valence-electron chi connectivity index (χ0n) is 9.83. The molecule has 0 aliphatic rings.